The highest BCUT2D eigenvalue weighted by molar-refractivity contribution is 5.95. The fourth-order valence-electron chi connectivity index (χ4n) is 2.95. The number of morpholine rings is 1. The summed E-state index contributed by atoms with van der Waals surface area (Å²) in [6.07, 6.45) is 0.344. The lowest BCUT2D eigenvalue weighted by molar-refractivity contribution is -0.134. The number of aryl methyl sites for hydroxylation is 1. The van der Waals surface area contributed by atoms with E-state index in [1.54, 1.807) is 12.1 Å². The zero-order chi connectivity index (χ0) is 19.2. The number of nitrogens with one attached hydrogen (secondary N) is 1. The molecule has 1 saturated heterocycles. The number of anilines is 1. The number of nitrogens with zero attached hydrogens (tertiary/aromatic N) is 1. The van der Waals surface area contributed by atoms with Crippen molar-refractivity contribution in [1.29, 1.82) is 0 Å². The Kier molecular flexibility index (Phi) is 6.21. The number of ether oxygens (including phenoxy) is 1. The molecule has 2 aromatic rings. The van der Waals surface area contributed by atoms with Crippen molar-refractivity contribution in [2.24, 2.45) is 5.73 Å². The smallest absolute Gasteiger partial charge is 0.245 e. The lowest BCUT2D eigenvalue weighted by atomic mass is 10.1. The second-order valence-electron chi connectivity index (χ2n) is 6.74. The summed E-state index contributed by atoms with van der Waals surface area (Å²) in [5, 5.41) is 2.82. The normalized spacial score (nSPS) is 15.3. The Morgan fingerprint density at radius 1 is 1.07 bits per heavy atom. The molecule has 27 heavy (non-hydrogen) atoms. The molecule has 1 aliphatic rings. The molecule has 0 bridgehead atoms. The van der Waals surface area contributed by atoms with Gasteiger partial charge < -0.3 is 20.7 Å². The zero-order valence-corrected chi connectivity index (χ0v) is 15.5. The van der Waals surface area contributed by atoms with Crippen LogP contribution in [0.5, 0.6) is 0 Å². The van der Waals surface area contributed by atoms with E-state index in [0.717, 1.165) is 16.7 Å². The first kappa shape index (κ1) is 19.1. The number of rotatable bonds is 5. The Morgan fingerprint density at radius 3 is 2.33 bits per heavy atom. The molecular formula is C21H25N3O3. The standard InChI is InChI=1S/C21H25N3O3/c1-15-2-6-17(7-3-15)20(22)21(26)23-18-8-4-16(5-9-18)14-19(25)24-10-12-27-13-11-24/h2-9,20H,10-14,22H2,1H3,(H,23,26). The first-order valence-electron chi connectivity index (χ1n) is 9.10. The Hall–Kier alpha value is -2.70. The van der Waals surface area contributed by atoms with Gasteiger partial charge in [0.1, 0.15) is 6.04 Å². The highest BCUT2D eigenvalue weighted by atomic mass is 16.5. The Morgan fingerprint density at radius 2 is 1.70 bits per heavy atom. The molecule has 2 amide bonds. The van der Waals surface area contributed by atoms with E-state index in [9.17, 15) is 9.59 Å². The Balaban J connectivity index is 1.55. The first-order chi connectivity index (χ1) is 13.0. The molecule has 6 nitrogen and oxygen atoms in total. The predicted octanol–water partition coefficient (Wildman–Crippen LogP) is 2.03. The fourth-order valence-corrected chi connectivity index (χ4v) is 2.95. The first-order valence-corrected chi connectivity index (χ1v) is 9.10. The van der Waals surface area contributed by atoms with Crippen LogP contribution in [0.1, 0.15) is 22.7 Å². The fraction of sp³-hybridized carbons (Fsp3) is 0.333. The third-order valence-electron chi connectivity index (χ3n) is 4.66. The predicted molar refractivity (Wildman–Crippen MR) is 104 cm³/mol. The van der Waals surface area contributed by atoms with E-state index in [1.165, 1.54) is 0 Å². The summed E-state index contributed by atoms with van der Waals surface area (Å²) >= 11 is 0. The van der Waals surface area contributed by atoms with E-state index in [-0.39, 0.29) is 11.8 Å². The van der Waals surface area contributed by atoms with Gasteiger partial charge in [-0.15, -0.1) is 0 Å². The molecule has 1 fully saturated rings. The zero-order valence-electron chi connectivity index (χ0n) is 15.5. The van der Waals surface area contributed by atoms with E-state index < -0.39 is 6.04 Å². The number of carbonyl (C=O) groups is 2. The SMILES string of the molecule is Cc1ccc(C(N)C(=O)Nc2ccc(CC(=O)N3CCOCC3)cc2)cc1. The third kappa shape index (κ3) is 5.15. The van der Waals surface area contributed by atoms with Crippen LogP contribution < -0.4 is 11.1 Å². The average molecular weight is 367 g/mol. The van der Waals surface area contributed by atoms with Crippen molar-refractivity contribution in [3.63, 3.8) is 0 Å². The van der Waals surface area contributed by atoms with E-state index in [1.807, 2.05) is 48.2 Å². The van der Waals surface area contributed by atoms with Gasteiger partial charge >= 0.3 is 0 Å². The largest absolute Gasteiger partial charge is 0.378 e. The highest BCUT2D eigenvalue weighted by Crippen LogP contribution is 2.16. The summed E-state index contributed by atoms with van der Waals surface area (Å²) in [6.45, 7) is 4.46. The number of nitrogens with two attached hydrogens (primary N) is 1. The summed E-state index contributed by atoms with van der Waals surface area (Å²) in [6, 6.07) is 14.2. The van der Waals surface area contributed by atoms with Crippen LogP contribution >= 0.6 is 0 Å². The molecule has 6 heteroatoms. The minimum absolute atomic E-state index is 0.0940. The van der Waals surface area contributed by atoms with Crippen molar-refractivity contribution in [3.8, 4) is 0 Å². The quantitative estimate of drug-likeness (QED) is 0.847. The van der Waals surface area contributed by atoms with Gasteiger partial charge in [0.15, 0.2) is 0 Å². The second-order valence-corrected chi connectivity index (χ2v) is 6.74. The molecule has 0 saturated carbocycles. The molecule has 0 radical (unpaired) electrons. The van der Waals surface area contributed by atoms with E-state index >= 15 is 0 Å². The Labute approximate surface area is 159 Å². The maximum Gasteiger partial charge on any atom is 0.245 e. The summed E-state index contributed by atoms with van der Waals surface area (Å²) in [7, 11) is 0. The van der Waals surface area contributed by atoms with Crippen LogP contribution in [0.2, 0.25) is 0 Å². The summed E-state index contributed by atoms with van der Waals surface area (Å²) in [5.41, 5.74) is 9.50. The molecule has 0 aliphatic carbocycles. The van der Waals surface area contributed by atoms with Crippen LogP contribution in [-0.4, -0.2) is 43.0 Å². The monoisotopic (exact) mass is 367 g/mol. The minimum Gasteiger partial charge on any atom is -0.378 e. The lowest BCUT2D eigenvalue weighted by Crippen LogP contribution is -2.41. The van der Waals surface area contributed by atoms with Crippen LogP contribution in [0, 0.1) is 6.92 Å². The van der Waals surface area contributed by atoms with Crippen LogP contribution in [0.25, 0.3) is 0 Å². The second kappa shape index (κ2) is 8.79. The van der Waals surface area contributed by atoms with E-state index in [0.29, 0.717) is 38.4 Å². The van der Waals surface area contributed by atoms with Crippen molar-refractivity contribution in [2.45, 2.75) is 19.4 Å². The lowest BCUT2D eigenvalue weighted by Gasteiger charge is -2.26. The molecule has 0 aromatic heterocycles. The number of amides is 2. The van der Waals surface area contributed by atoms with E-state index in [4.69, 9.17) is 10.5 Å². The molecule has 142 valence electrons. The molecule has 1 heterocycles. The number of benzene rings is 2. The van der Waals surface area contributed by atoms with Gasteiger partial charge in [0.25, 0.3) is 0 Å². The number of hydrogen-bond donors (Lipinski definition) is 2. The molecular weight excluding hydrogens is 342 g/mol. The van der Waals surface area contributed by atoms with Crippen LogP contribution in [0.15, 0.2) is 48.5 Å². The molecule has 2 aromatic carbocycles. The topological polar surface area (TPSA) is 84.7 Å². The van der Waals surface area contributed by atoms with Gasteiger partial charge in [-0.25, -0.2) is 0 Å². The number of carbonyl (C=O) groups excluding carboxylic acids is 2. The summed E-state index contributed by atoms with van der Waals surface area (Å²) < 4.78 is 5.27. The highest BCUT2D eigenvalue weighted by Gasteiger charge is 2.18. The van der Waals surface area contributed by atoms with Crippen LogP contribution in [0.3, 0.4) is 0 Å². The van der Waals surface area contributed by atoms with Gasteiger partial charge in [0.2, 0.25) is 11.8 Å². The molecule has 0 spiro atoms. The van der Waals surface area contributed by atoms with Crippen molar-refractivity contribution in [2.75, 3.05) is 31.6 Å². The van der Waals surface area contributed by atoms with Gasteiger partial charge in [-0.1, -0.05) is 42.0 Å². The van der Waals surface area contributed by atoms with Gasteiger partial charge in [-0.2, -0.15) is 0 Å². The van der Waals surface area contributed by atoms with Crippen LogP contribution in [0.4, 0.5) is 5.69 Å². The molecule has 1 atom stereocenters. The van der Waals surface area contributed by atoms with Crippen molar-refractivity contribution < 1.29 is 14.3 Å². The molecule has 3 N–H and O–H groups in total. The molecule has 1 unspecified atom stereocenters. The molecule has 3 rings (SSSR count). The molecule has 1 aliphatic heterocycles. The maximum atomic E-state index is 12.4. The summed E-state index contributed by atoms with van der Waals surface area (Å²) in [4.78, 5) is 26.5. The maximum absolute atomic E-state index is 12.4. The van der Waals surface area contributed by atoms with E-state index in [2.05, 4.69) is 5.32 Å². The third-order valence-corrected chi connectivity index (χ3v) is 4.66. The minimum atomic E-state index is -0.729. The number of hydrogen-bond acceptors (Lipinski definition) is 4. The van der Waals surface area contributed by atoms with Gasteiger partial charge in [-0.3, -0.25) is 9.59 Å². The average Bonchev–Trinajstić information content (AvgIpc) is 2.70. The van der Waals surface area contributed by atoms with Gasteiger partial charge in [-0.05, 0) is 30.2 Å². The van der Waals surface area contributed by atoms with Crippen molar-refractivity contribution >= 4 is 17.5 Å². The van der Waals surface area contributed by atoms with Crippen LogP contribution in [-0.2, 0) is 20.7 Å². The van der Waals surface area contributed by atoms with Crippen molar-refractivity contribution in [3.05, 3.63) is 65.2 Å². The Bertz CT molecular complexity index is 781. The van der Waals surface area contributed by atoms with Crippen molar-refractivity contribution in [1.82, 2.24) is 4.90 Å². The summed E-state index contributed by atoms with van der Waals surface area (Å²) in [5.74, 6) is -0.174. The van der Waals surface area contributed by atoms with Gasteiger partial charge in [0, 0.05) is 18.8 Å². The van der Waals surface area contributed by atoms with Gasteiger partial charge in [0.05, 0.1) is 19.6 Å².